The summed E-state index contributed by atoms with van der Waals surface area (Å²) in [4.78, 5) is 35.1. The van der Waals surface area contributed by atoms with E-state index in [-0.39, 0.29) is 38.6 Å². The quantitative estimate of drug-likeness (QED) is 0.0264. The first kappa shape index (κ1) is 66.9. The average Bonchev–Trinajstić information content (AvgIpc) is 3.35. The molecule has 70 heavy (non-hydrogen) atoms. The van der Waals surface area contributed by atoms with Crippen LogP contribution in [0.25, 0.3) is 0 Å². The van der Waals surface area contributed by atoms with Crippen molar-refractivity contribution < 1.29 is 37.6 Å². The highest BCUT2D eigenvalue weighted by atomic mass is 31.2. The lowest BCUT2D eigenvalue weighted by atomic mass is 10.0. The number of rotatable bonds is 52. The number of ether oxygens (including phenoxy) is 2. The third kappa shape index (κ3) is 54.3. The maximum atomic E-state index is 12.7. The van der Waals surface area contributed by atoms with Crippen molar-refractivity contribution in [3.05, 3.63) is 97.2 Å². The number of esters is 2. The maximum Gasteiger partial charge on any atom is 0.472 e. The van der Waals surface area contributed by atoms with Crippen LogP contribution in [0.5, 0.6) is 0 Å². The molecule has 9 nitrogen and oxygen atoms in total. The van der Waals surface area contributed by atoms with Gasteiger partial charge in [0.25, 0.3) is 0 Å². The zero-order chi connectivity index (χ0) is 51.0. The van der Waals surface area contributed by atoms with Crippen molar-refractivity contribution in [1.82, 2.24) is 0 Å². The minimum Gasteiger partial charge on any atom is -0.462 e. The molecule has 0 aliphatic heterocycles. The van der Waals surface area contributed by atoms with Crippen LogP contribution in [0.3, 0.4) is 0 Å². The van der Waals surface area contributed by atoms with E-state index in [0.717, 1.165) is 109 Å². The molecule has 3 N–H and O–H groups in total. The van der Waals surface area contributed by atoms with Gasteiger partial charge in [0.15, 0.2) is 6.10 Å². The van der Waals surface area contributed by atoms with Crippen molar-refractivity contribution in [2.45, 2.75) is 245 Å². The normalized spacial score (nSPS) is 13.8. The second kappa shape index (κ2) is 55.2. The summed E-state index contributed by atoms with van der Waals surface area (Å²) in [7, 11) is -4.39. The standard InChI is InChI=1S/C60H104NO8P/c1-3-5-7-9-11-13-15-17-19-21-23-24-25-26-27-28-29-30-31-32-33-34-35-37-39-41-43-45-47-49-51-53-60(63)69-58(57-68-70(64,65)67-55-54-61)56-66-59(62)52-50-48-46-44-42-40-38-36-22-20-18-16-14-12-10-8-6-4-2/h5,7,11,13,17,19,23-24,26-27,29-30,32-33,35,37,58H,3-4,6,8-10,12,14-16,18,20-22,25,28,31,34,36,38-57,61H2,1-2H3,(H,64,65)/b7-5-,13-11-,19-17-,24-23-,27-26-,30-29-,33-32-,37-35-. The van der Waals surface area contributed by atoms with E-state index in [9.17, 15) is 19.0 Å². The minimum atomic E-state index is -4.39. The second-order valence-corrected chi connectivity index (χ2v) is 19.9. The van der Waals surface area contributed by atoms with Crippen LogP contribution in [0.1, 0.15) is 239 Å². The largest absolute Gasteiger partial charge is 0.472 e. The molecular formula is C60H104NO8P. The van der Waals surface area contributed by atoms with E-state index in [0.29, 0.717) is 6.42 Å². The topological polar surface area (TPSA) is 134 Å². The number of nitrogens with two attached hydrogens (primary N) is 1. The fourth-order valence-corrected chi connectivity index (χ4v) is 8.36. The highest BCUT2D eigenvalue weighted by Gasteiger charge is 2.26. The van der Waals surface area contributed by atoms with Crippen LogP contribution in [0, 0.1) is 0 Å². The zero-order valence-corrected chi connectivity index (χ0v) is 45.6. The smallest absolute Gasteiger partial charge is 0.462 e. The summed E-state index contributed by atoms with van der Waals surface area (Å²) in [6.45, 7) is 3.62. The van der Waals surface area contributed by atoms with Crippen molar-refractivity contribution in [1.29, 1.82) is 0 Å². The van der Waals surface area contributed by atoms with E-state index in [1.165, 1.54) is 96.3 Å². The van der Waals surface area contributed by atoms with Crippen LogP contribution in [-0.2, 0) is 32.7 Å². The van der Waals surface area contributed by atoms with Gasteiger partial charge in [-0.1, -0.05) is 246 Å². The van der Waals surface area contributed by atoms with Crippen LogP contribution in [0.2, 0.25) is 0 Å². The molecule has 0 radical (unpaired) electrons. The van der Waals surface area contributed by atoms with E-state index in [4.69, 9.17) is 24.3 Å². The molecule has 0 rings (SSSR count). The third-order valence-electron chi connectivity index (χ3n) is 11.7. The fraction of sp³-hybridized carbons (Fsp3) is 0.700. The van der Waals surface area contributed by atoms with Crippen molar-refractivity contribution >= 4 is 19.8 Å². The van der Waals surface area contributed by atoms with Gasteiger partial charge in [-0.15, -0.1) is 0 Å². The van der Waals surface area contributed by atoms with Crippen molar-refractivity contribution in [3.63, 3.8) is 0 Å². The van der Waals surface area contributed by atoms with E-state index in [2.05, 4.69) is 111 Å². The molecule has 0 saturated carbocycles. The number of phosphoric acid groups is 1. The van der Waals surface area contributed by atoms with Gasteiger partial charge >= 0.3 is 19.8 Å². The van der Waals surface area contributed by atoms with Gasteiger partial charge < -0.3 is 20.1 Å². The number of phosphoric ester groups is 1. The molecular weight excluding hydrogens is 894 g/mol. The summed E-state index contributed by atoms with van der Waals surface area (Å²) in [6.07, 6.45) is 73.1. The Bertz CT molecular complexity index is 1460. The summed E-state index contributed by atoms with van der Waals surface area (Å²) >= 11 is 0. The highest BCUT2D eigenvalue weighted by Crippen LogP contribution is 2.43. The van der Waals surface area contributed by atoms with Gasteiger partial charge in [0.2, 0.25) is 0 Å². The Kier molecular flexibility index (Phi) is 52.8. The predicted molar refractivity (Wildman–Crippen MR) is 298 cm³/mol. The highest BCUT2D eigenvalue weighted by molar-refractivity contribution is 7.47. The molecule has 0 bridgehead atoms. The lowest BCUT2D eigenvalue weighted by Crippen LogP contribution is -2.29. The monoisotopic (exact) mass is 998 g/mol. The first-order valence-electron chi connectivity index (χ1n) is 28.2. The van der Waals surface area contributed by atoms with Gasteiger partial charge in [-0.3, -0.25) is 18.6 Å². The maximum absolute atomic E-state index is 12.7. The second-order valence-electron chi connectivity index (χ2n) is 18.4. The first-order chi connectivity index (χ1) is 34.3. The predicted octanol–water partition coefficient (Wildman–Crippen LogP) is 17.7. The molecule has 0 heterocycles. The molecule has 2 atom stereocenters. The van der Waals surface area contributed by atoms with Crippen molar-refractivity contribution in [2.75, 3.05) is 26.4 Å². The SMILES string of the molecule is CC/C=C\C/C=C\C/C=C\C/C=C\C/C=C\C/C=C\C/C=C\C/C=C\CCCCCCCCC(=O)OC(COC(=O)CCCCCCCCCCCCCCCCCCCC)COP(=O)(O)OCCN. The summed E-state index contributed by atoms with van der Waals surface area (Å²) in [6, 6.07) is 0. The van der Waals surface area contributed by atoms with Gasteiger partial charge in [0, 0.05) is 19.4 Å². The Labute approximate surface area is 429 Å². The number of carbonyl (C=O) groups excluding carboxylic acids is 2. The molecule has 0 spiro atoms. The molecule has 0 aromatic heterocycles. The Morgan fingerprint density at radius 1 is 0.443 bits per heavy atom. The molecule has 402 valence electrons. The molecule has 0 saturated heterocycles. The number of unbranched alkanes of at least 4 members (excludes halogenated alkanes) is 23. The van der Waals surface area contributed by atoms with Crippen LogP contribution < -0.4 is 5.73 Å². The summed E-state index contributed by atoms with van der Waals surface area (Å²) in [5.74, 6) is -0.843. The van der Waals surface area contributed by atoms with Gasteiger partial charge in [0.05, 0.1) is 13.2 Å². The van der Waals surface area contributed by atoms with E-state index in [1.807, 2.05) is 0 Å². The molecule has 0 aliphatic carbocycles. The Morgan fingerprint density at radius 3 is 1.17 bits per heavy atom. The van der Waals surface area contributed by atoms with Gasteiger partial charge in [-0.05, 0) is 77.0 Å². The lowest BCUT2D eigenvalue weighted by Gasteiger charge is -2.19. The number of allylic oxidation sites excluding steroid dienone is 16. The fourth-order valence-electron chi connectivity index (χ4n) is 7.59. The van der Waals surface area contributed by atoms with Gasteiger partial charge in [-0.2, -0.15) is 0 Å². The molecule has 0 aromatic rings. The Morgan fingerprint density at radius 2 is 0.786 bits per heavy atom. The summed E-state index contributed by atoms with van der Waals surface area (Å²) in [5.41, 5.74) is 5.38. The summed E-state index contributed by atoms with van der Waals surface area (Å²) < 4.78 is 33.0. The minimum absolute atomic E-state index is 0.0472. The number of hydrogen-bond acceptors (Lipinski definition) is 8. The van der Waals surface area contributed by atoms with Crippen molar-refractivity contribution in [3.8, 4) is 0 Å². The van der Waals surface area contributed by atoms with Gasteiger partial charge in [0.1, 0.15) is 6.61 Å². The Balaban J connectivity index is 4.06. The molecule has 2 unspecified atom stereocenters. The molecule has 0 aromatic carbocycles. The van der Waals surface area contributed by atoms with Crippen LogP contribution in [0.15, 0.2) is 97.2 Å². The van der Waals surface area contributed by atoms with E-state index >= 15 is 0 Å². The van der Waals surface area contributed by atoms with Crippen LogP contribution >= 0.6 is 7.82 Å². The average molecular weight is 998 g/mol. The van der Waals surface area contributed by atoms with E-state index in [1.54, 1.807) is 0 Å². The number of carbonyl (C=O) groups is 2. The number of hydrogen-bond donors (Lipinski definition) is 2. The lowest BCUT2D eigenvalue weighted by molar-refractivity contribution is -0.161. The van der Waals surface area contributed by atoms with E-state index < -0.39 is 26.5 Å². The van der Waals surface area contributed by atoms with Crippen LogP contribution in [-0.4, -0.2) is 49.3 Å². The molecule has 10 heteroatoms. The molecule has 0 aliphatic rings. The zero-order valence-electron chi connectivity index (χ0n) is 44.7. The molecule has 0 fully saturated rings. The first-order valence-corrected chi connectivity index (χ1v) is 29.7. The third-order valence-corrected chi connectivity index (χ3v) is 12.7. The van der Waals surface area contributed by atoms with Crippen LogP contribution in [0.4, 0.5) is 0 Å². The summed E-state index contributed by atoms with van der Waals surface area (Å²) in [5, 5.41) is 0. The Hall–Kier alpha value is -3.07. The van der Waals surface area contributed by atoms with Crippen molar-refractivity contribution in [2.24, 2.45) is 5.73 Å². The van der Waals surface area contributed by atoms with Gasteiger partial charge in [-0.25, -0.2) is 4.57 Å². The molecule has 0 amide bonds.